The highest BCUT2D eigenvalue weighted by Crippen LogP contribution is 2.17. The molecule has 0 fully saturated rings. The van der Waals surface area contributed by atoms with Crippen LogP contribution in [-0.4, -0.2) is 5.78 Å². The average Bonchev–Trinajstić information content (AvgIpc) is 2.38. The number of hydrogen-bond acceptors (Lipinski definition) is 2. The molecule has 0 amide bonds. The third-order valence-electron chi connectivity index (χ3n) is 2.77. The van der Waals surface area contributed by atoms with E-state index in [4.69, 9.17) is 0 Å². The highest BCUT2D eigenvalue weighted by molar-refractivity contribution is 9.10. The summed E-state index contributed by atoms with van der Waals surface area (Å²) >= 11 is 3.22. The molecule has 0 aromatic heterocycles. The minimum absolute atomic E-state index is 0.0125. The minimum Gasteiger partial charge on any atom is -0.381 e. The number of ketones is 1. The molecule has 2 nitrogen and oxygen atoms in total. The normalized spacial score (nSPS) is 10.3. The van der Waals surface area contributed by atoms with Crippen LogP contribution in [0.4, 0.5) is 10.1 Å². The maximum atomic E-state index is 13.6. The van der Waals surface area contributed by atoms with Gasteiger partial charge in [0.15, 0.2) is 5.78 Å². The number of hydrogen-bond donors (Lipinski definition) is 1. The van der Waals surface area contributed by atoms with E-state index in [1.54, 1.807) is 30.3 Å². The Bertz CT molecular complexity index is 613. The highest BCUT2D eigenvalue weighted by atomic mass is 79.9. The Morgan fingerprint density at radius 1 is 1.26 bits per heavy atom. The van der Waals surface area contributed by atoms with Crippen LogP contribution in [0.15, 0.2) is 46.9 Å². The van der Waals surface area contributed by atoms with E-state index >= 15 is 0 Å². The van der Waals surface area contributed by atoms with Crippen molar-refractivity contribution >= 4 is 27.4 Å². The molecular weight excluding hydrogens is 309 g/mol. The van der Waals surface area contributed by atoms with E-state index in [1.165, 1.54) is 13.0 Å². The Kier molecular flexibility index (Phi) is 4.32. The van der Waals surface area contributed by atoms with Crippen LogP contribution in [0, 0.1) is 5.82 Å². The summed E-state index contributed by atoms with van der Waals surface area (Å²) in [5.41, 5.74) is 2.02. The molecule has 0 bridgehead atoms. The molecule has 0 spiro atoms. The number of benzene rings is 2. The van der Waals surface area contributed by atoms with E-state index in [0.717, 1.165) is 5.69 Å². The molecule has 0 aliphatic carbocycles. The molecule has 1 N–H and O–H groups in total. The lowest BCUT2D eigenvalue weighted by molar-refractivity contribution is 0.101. The average molecular weight is 322 g/mol. The summed E-state index contributed by atoms with van der Waals surface area (Å²) in [6, 6.07) is 12.1. The van der Waals surface area contributed by atoms with Crippen LogP contribution in [0.3, 0.4) is 0 Å². The topological polar surface area (TPSA) is 29.1 Å². The standard InChI is InChI=1S/C15H13BrFNO/c1-10(19)11-3-2-4-14(7-11)18-9-12-5-6-13(16)8-15(12)17/h2-8,18H,9H2,1H3. The first-order valence-corrected chi connectivity index (χ1v) is 6.64. The molecule has 19 heavy (non-hydrogen) atoms. The van der Waals surface area contributed by atoms with Crippen LogP contribution in [0.5, 0.6) is 0 Å². The number of anilines is 1. The third kappa shape index (κ3) is 3.64. The van der Waals surface area contributed by atoms with Gasteiger partial charge in [-0.15, -0.1) is 0 Å². The van der Waals surface area contributed by atoms with Gasteiger partial charge in [-0.2, -0.15) is 0 Å². The van der Waals surface area contributed by atoms with Crippen molar-refractivity contribution in [2.75, 3.05) is 5.32 Å². The summed E-state index contributed by atoms with van der Waals surface area (Å²) in [4.78, 5) is 11.3. The lowest BCUT2D eigenvalue weighted by Gasteiger charge is -2.08. The summed E-state index contributed by atoms with van der Waals surface area (Å²) < 4.78 is 14.4. The zero-order valence-electron chi connectivity index (χ0n) is 10.4. The second-order valence-electron chi connectivity index (χ2n) is 4.23. The van der Waals surface area contributed by atoms with E-state index in [2.05, 4.69) is 21.2 Å². The van der Waals surface area contributed by atoms with Crippen molar-refractivity contribution in [3.8, 4) is 0 Å². The highest BCUT2D eigenvalue weighted by Gasteiger charge is 2.04. The monoisotopic (exact) mass is 321 g/mol. The number of rotatable bonds is 4. The number of carbonyl (C=O) groups is 1. The molecule has 0 radical (unpaired) electrons. The fraction of sp³-hybridized carbons (Fsp3) is 0.133. The van der Waals surface area contributed by atoms with Crippen molar-refractivity contribution < 1.29 is 9.18 Å². The van der Waals surface area contributed by atoms with Crippen LogP contribution >= 0.6 is 15.9 Å². The van der Waals surface area contributed by atoms with Crippen LogP contribution in [0.2, 0.25) is 0 Å². The summed E-state index contributed by atoms with van der Waals surface area (Å²) in [5, 5.41) is 3.11. The molecule has 0 aliphatic rings. The first-order valence-electron chi connectivity index (χ1n) is 5.85. The Labute approximate surface area is 119 Å². The van der Waals surface area contributed by atoms with Crippen molar-refractivity contribution in [3.63, 3.8) is 0 Å². The Balaban J connectivity index is 2.10. The molecule has 0 saturated carbocycles. The Hall–Kier alpha value is -1.68. The zero-order chi connectivity index (χ0) is 13.8. The Morgan fingerprint density at radius 3 is 2.74 bits per heavy atom. The minimum atomic E-state index is -0.260. The molecule has 2 rings (SSSR count). The fourth-order valence-corrected chi connectivity index (χ4v) is 2.04. The molecule has 2 aromatic carbocycles. The first kappa shape index (κ1) is 13.7. The van der Waals surface area contributed by atoms with E-state index in [-0.39, 0.29) is 11.6 Å². The zero-order valence-corrected chi connectivity index (χ0v) is 12.0. The van der Waals surface area contributed by atoms with E-state index in [0.29, 0.717) is 22.1 Å². The van der Waals surface area contributed by atoms with Crippen molar-refractivity contribution in [3.05, 3.63) is 63.9 Å². The molecule has 0 heterocycles. The second kappa shape index (κ2) is 5.97. The van der Waals surface area contributed by atoms with Gasteiger partial charge in [0.2, 0.25) is 0 Å². The van der Waals surface area contributed by atoms with E-state index < -0.39 is 0 Å². The van der Waals surface area contributed by atoms with Gasteiger partial charge in [0.05, 0.1) is 0 Å². The fourth-order valence-electron chi connectivity index (χ4n) is 1.71. The van der Waals surface area contributed by atoms with Crippen LogP contribution in [-0.2, 0) is 6.54 Å². The Morgan fingerprint density at radius 2 is 2.05 bits per heavy atom. The van der Waals surface area contributed by atoms with Gasteiger partial charge in [-0.1, -0.05) is 34.1 Å². The summed E-state index contributed by atoms with van der Waals surface area (Å²) in [7, 11) is 0. The van der Waals surface area contributed by atoms with Crippen molar-refractivity contribution in [2.45, 2.75) is 13.5 Å². The SMILES string of the molecule is CC(=O)c1cccc(NCc2ccc(Br)cc2F)c1. The number of halogens is 2. The second-order valence-corrected chi connectivity index (χ2v) is 5.14. The molecule has 0 unspecified atom stereocenters. The molecule has 0 saturated heterocycles. The molecule has 98 valence electrons. The van der Waals surface area contributed by atoms with E-state index in [1.807, 2.05) is 6.07 Å². The molecule has 4 heteroatoms. The van der Waals surface area contributed by atoms with Crippen molar-refractivity contribution in [1.82, 2.24) is 0 Å². The summed E-state index contributed by atoms with van der Waals surface area (Å²) in [6.45, 7) is 1.90. The van der Waals surface area contributed by atoms with Crippen molar-refractivity contribution in [2.24, 2.45) is 0 Å². The van der Waals surface area contributed by atoms with Gasteiger partial charge < -0.3 is 5.32 Å². The number of Topliss-reactive ketones (excluding diaryl/α,β-unsaturated/α-hetero) is 1. The van der Waals surface area contributed by atoms with E-state index in [9.17, 15) is 9.18 Å². The van der Waals surface area contributed by atoms with Gasteiger partial charge in [-0.05, 0) is 31.2 Å². The van der Waals surface area contributed by atoms with Gasteiger partial charge in [-0.25, -0.2) is 4.39 Å². The molecule has 0 atom stereocenters. The maximum Gasteiger partial charge on any atom is 0.159 e. The summed E-state index contributed by atoms with van der Waals surface area (Å²) in [5.74, 6) is -0.247. The largest absolute Gasteiger partial charge is 0.381 e. The van der Waals surface area contributed by atoms with Crippen LogP contribution < -0.4 is 5.32 Å². The van der Waals surface area contributed by atoms with Crippen LogP contribution in [0.25, 0.3) is 0 Å². The van der Waals surface area contributed by atoms with Crippen LogP contribution in [0.1, 0.15) is 22.8 Å². The lowest BCUT2D eigenvalue weighted by atomic mass is 10.1. The molecule has 0 aliphatic heterocycles. The first-order chi connectivity index (χ1) is 9.06. The predicted molar refractivity (Wildman–Crippen MR) is 77.9 cm³/mol. The predicted octanol–water partition coefficient (Wildman–Crippen LogP) is 4.40. The smallest absolute Gasteiger partial charge is 0.159 e. The van der Waals surface area contributed by atoms with Gasteiger partial charge >= 0.3 is 0 Å². The number of carbonyl (C=O) groups excluding carboxylic acids is 1. The molecule has 2 aromatic rings. The number of nitrogens with one attached hydrogen (secondary N) is 1. The molecular formula is C15H13BrFNO. The quantitative estimate of drug-likeness (QED) is 0.845. The summed E-state index contributed by atoms with van der Waals surface area (Å²) in [6.07, 6.45) is 0. The van der Waals surface area contributed by atoms with Crippen molar-refractivity contribution in [1.29, 1.82) is 0 Å². The van der Waals surface area contributed by atoms with Gasteiger partial charge in [0.25, 0.3) is 0 Å². The maximum absolute atomic E-state index is 13.6. The third-order valence-corrected chi connectivity index (χ3v) is 3.26. The van der Waals surface area contributed by atoms with Gasteiger partial charge in [-0.3, -0.25) is 4.79 Å². The van der Waals surface area contributed by atoms with Gasteiger partial charge in [0.1, 0.15) is 5.82 Å². The lowest BCUT2D eigenvalue weighted by Crippen LogP contribution is -2.02. The van der Waals surface area contributed by atoms with Gasteiger partial charge in [0, 0.05) is 27.8 Å².